The average molecular weight is 424 g/mol. The van der Waals surface area contributed by atoms with Gasteiger partial charge in [0.05, 0.1) is 0 Å². The van der Waals surface area contributed by atoms with Crippen LogP contribution in [-0.4, -0.2) is 6.21 Å². The van der Waals surface area contributed by atoms with Crippen molar-refractivity contribution in [2.45, 2.75) is 41.5 Å². The zero-order valence-electron chi connectivity index (χ0n) is 20.6. The molecule has 0 bridgehead atoms. The Morgan fingerprint density at radius 2 is 1.59 bits per heavy atom. The predicted molar refractivity (Wildman–Crippen MR) is 145 cm³/mol. The van der Waals surface area contributed by atoms with E-state index in [-0.39, 0.29) is 0 Å². The lowest BCUT2D eigenvalue weighted by Crippen LogP contribution is -2.00. The zero-order valence-corrected chi connectivity index (χ0v) is 20.6. The Kier molecular flexibility index (Phi) is 11.4. The summed E-state index contributed by atoms with van der Waals surface area (Å²) in [6.45, 7) is 24.6. The maximum absolute atomic E-state index is 4.39. The van der Waals surface area contributed by atoms with E-state index in [4.69, 9.17) is 0 Å². The average Bonchev–Trinajstić information content (AvgIpc) is 2.80. The summed E-state index contributed by atoms with van der Waals surface area (Å²) < 4.78 is 0. The van der Waals surface area contributed by atoms with E-state index in [0.29, 0.717) is 0 Å². The summed E-state index contributed by atoms with van der Waals surface area (Å²) >= 11 is 0. The molecular formula is C31H37N. The van der Waals surface area contributed by atoms with Crippen LogP contribution in [0.4, 0.5) is 0 Å². The van der Waals surface area contributed by atoms with Crippen molar-refractivity contribution in [2.24, 2.45) is 4.99 Å². The highest BCUT2D eigenvalue weighted by Crippen LogP contribution is 2.36. The molecule has 0 N–H and O–H groups in total. The van der Waals surface area contributed by atoms with Crippen molar-refractivity contribution in [2.75, 3.05) is 0 Å². The quantitative estimate of drug-likeness (QED) is 0.297. The molecule has 0 spiro atoms. The molecular weight excluding hydrogens is 386 g/mol. The van der Waals surface area contributed by atoms with Crippen LogP contribution < -0.4 is 0 Å². The van der Waals surface area contributed by atoms with E-state index in [1.807, 2.05) is 52.0 Å². The fourth-order valence-corrected chi connectivity index (χ4v) is 3.33. The molecule has 1 heteroatoms. The molecule has 166 valence electrons. The second kappa shape index (κ2) is 13.8. The van der Waals surface area contributed by atoms with Crippen LogP contribution in [0.25, 0.3) is 5.57 Å². The number of rotatable bonds is 8. The fourth-order valence-electron chi connectivity index (χ4n) is 3.33. The van der Waals surface area contributed by atoms with Crippen molar-refractivity contribution in [3.05, 3.63) is 137 Å². The molecule has 2 aromatic rings. The van der Waals surface area contributed by atoms with Crippen LogP contribution in [0.1, 0.15) is 49.9 Å². The van der Waals surface area contributed by atoms with E-state index < -0.39 is 0 Å². The Labute approximate surface area is 195 Å². The monoisotopic (exact) mass is 423 g/mol. The van der Waals surface area contributed by atoms with Gasteiger partial charge in [-0.1, -0.05) is 106 Å². The molecule has 0 saturated heterocycles. The summed E-state index contributed by atoms with van der Waals surface area (Å²) in [5.41, 5.74) is 9.89. The summed E-state index contributed by atoms with van der Waals surface area (Å²) in [6.07, 6.45) is 9.36. The van der Waals surface area contributed by atoms with E-state index in [1.54, 1.807) is 6.21 Å². The minimum atomic E-state index is 0.911. The van der Waals surface area contributed by atoms with Crippen molar-refractivity contribution in [3.63, 3.8) is 0 Å². The number of allylic oxidation sites excluding steroid dienone is 7. The summed E-state index contributed by atoms with van der Waals surface area (Å²) in [6, 6.07) is 17.0. The topological polar surface area (TPSA) is 12.4 Å². The standard InChI is InChI=1S/C29H31N.C2H6/c1-8-25(20-30-9-2)18-17-24(7)28(21(3)4)29(26-13-11-10-12-14-26)27-19-22(5)15-16-23(27)6;1-2/h8-20H,2-3,7H2,1,4-6H3;1-2H3/b18-17+,25-8-,29-28+,30-20?;. The van der Waals surface area contributed by atoms with Crippen LogP contribution in [-0.2, 0) is 0 Å². The largest absolute Gasteiger partial charge is 0.265 e. The van der Waals surface area contributed by atoms with Gasteiger partial charge in [0.1, 0.15) is 0 Å². The number of aliphatic imine (C=N–C) groups is 1. The molecule has 2 aromatic carbocycles. The van der Waals surface area contributed by atoms with Crippen LogP contribution in [0.15, 0.2) is 120 Å². The molecule has 0 atom stereocenters. The van der Waals surface area contributed by atoms with Gasteiger partial charge in [-0.3, -0.25) is 4.99 Å². The highest BCUT2D eigenvalue weighted by atomic mass is 14.7. The fraction of sp³-hybridized carbons (Fsp3) is 0.194. The summed E-state index contributed by atoms with van der Waals surface area (Å²) in [7, 11) is 0. The van der Waals surface area contributed by atoms with Gasteiger partial charge in [-0.25, -0.2) is 0 Å². The second-order valence-corrected chi connectivity index (χ2v) is 7.32. The minimum absolute atomic E-state index is 0.911. The van der Waals surface area contributed by atoms with Gasteiger partial charge in [0.15, 0.2) is 0 Å². The van der Waals surface area contributed by atoms with Crippen molar-refractivity contribution in [1.29, 1.82) is 0 Å². The first-order valence-electron chi connectivity index (χ1n) is 11.1. The Morgan fingerprint density at radius 1 is 0.938 bits per heavy atom. The first-order chi connectivity index (χ1) is 15.4. The van der Waals surface area contributed by atoms with Crippen LogP contribution in [0.3, 0.4) is 0 Å². The molecule has 0 aliphatic carbocycles. The Morgan fingerprint density at radius 3 is 2.16 bits per heavy atom. The summed E-state index contributed by atoms with van der Waals surface area (Å²) in [4.78, 5) is 4.11. The molecule has 0 heterocycles. The SMILES string of the molecule is C=CN=CC(=C\C)/C=C/C(=C)/C(C(=C)C)=C(\c1ccccc1)c1cc(C)ccc1C.CC. The molecule has 0 unspecified atom stereocenters. The predicted octanol–water partition coefficient (Wildman–Crippen LogP) is 8.98. The van der Waals surface area contributed by atoms with Gasteiger partial charge in [0, 0.05) is 12.4 Å². The van der Waals surface area contributed by atoms with Crippen LogP contribution >= 0.6 is 0 Å². The number of hydrogen-bond acceptors (Lipinski definition) is 1. The highest BCUT2D eigenvalue weighted by molar-refractivity contribution is 5.89. The van der Waals surface area contributed by atoms with Crippen molar-refractivity contribution in [1.82, 2.24) is 0 Å². The highest BCUT2D eigenvalue weighted by Gasteiger charge is 2.16. The molecule has 0 fully saturated rings. The second-order valence-electron chi connectivity index (χ2n) is 7.32. The number of benzene rings is 2. The van der Waals surface area contributed by atoms with E-state index in [9.17, 15) is 0 Å². The van der Waals surface area contributed by atoms with Gasteiger partial charge in [-0.05, 0) is 72.3 Å². The first-order valence-corrected chi connectivity index (χ1v) is 11.1. The molecule has 0 aliphatic heterocycles. The Hall–Kier alpha value is -3.45. The Balaban J connectivity index is 0.00000249. The van der Waals surface area contributed by atoms with E-state index in [2.05, 4.69) is 81.0 Å². The number of aryl methyl sites for hydroxylation is 2. The third kappa shape index (κ3) is 7.35. The molecule has 2 rings (SSSR count). The normalized spacial score (nSPS) is 12.2. The molecule has 0 amide bonds. The summed E-state index contributed by atoms with van der Waals surface area (Å²) in [5.74, 6) is 0. The van der Waals surface area contributed by atoms with Gasteiger partial charge in [0.25, 0.3) is 0 Å². The van der Waals surface area contributed by atoms with Gasteiger partial charge < -0.3 is 0 Å². The Bertz CT molecular complexity index is 1060. The smallest absolute Gasteiger partial charge is 0.0336 e. The van der Waals surface area contributed by atoms with Gasteiger partial charge >= 0.3 is 0 Å². The maximum atomic E-state index is 4.39. The van der Waals surface area contributed by atoms with Crippen molar-refractivity contribution in [3.8, 4) is 0 Å². The van der Waals surface area contributed by atoms with E-state index >= 15 is 0 Å². The summed E-state index contributed by atoms with van der Waals surface area (Å²) in [5, 5.41) is 0. The molecule has 0 aromatic heterocycles. The molecule has 0 radical (unpaired) electrons. The van der Waals surface area contributed by atoms with Crippen LogP contribution in [0.2, 0.25) is 0 Å². The minimum Gasteiger partial charge on any atom is -0.265 e. The lowest BCUT2D eigenvalue weighted by Gasteiger charge is -2.20. The maximum Gasteiger partial charge on any atom is 0.0336 e. The van der Waals surface area contributed by atoms with Crippen LogP contribution in [0, 0.1) is 13.8 Å². The van der Waals surface area contributed by atoms with E-state index in [1.165, 1.54) is 22.9 Å². The van der Waals surface area contributed by atoms with Gasteiger partial charge in [-0.2, -0.15) is 0 Å². The van der Waals surface area contributed by atoms with Crippen molar-refractivity contribution >= 4 is 11.8 Å². The number of hydrogen-bond donors (Lipinski definition) is 0. The van der Waals surface area contributed by atoms with Crippen molar-refractivity contribution < 1.29 is 0 Å². The lowest BCUT2D eigenvalue weighted by molar-refractivity contribution is 1.33. The zero-order chi connectivity index (χ0) is 24.1. The lowest BCUT2D eigenvalue weighted by atomic mass is 9.84. The van der Waals surface area contributed by atoms with Crippen LogP contribution in [0.5, 0.6) is 0 Å². The molecule has 0 aliphatic rings. The first kappa shape index (κ1) is 26.6. The van der Waals surface area contributed by atoms with Gasteiger partial charge in [-0.15, -0.1) is 0 Å². The third-order valence-corrected chi connectivity index (χ3v) is 4.86. The third-order valence-electron chi connectivity index (χ3n) is 4.86. The number of nitrogens with zero attached hydrogens (tertiary/aromatic N) is 1. The van der Waals surface area contributed by atoms with E-state index in [0.717, 1.165) is 33.4 Å². The van der Waals surface area contributed by atoms with Gasteiger partial charge in [0.2, 0.25) is 0 Å². The molecule has 32 heavy (non-hydrogen) atoms. The molecule has 0 saturated carbocycles. The molecule has 1 nitrogen and oxygen atoms in total.